The fraction of sp³-hybridized carbons (Fsp3) is 0.0303. The molecule has 2 heterocycles. The van der Waals surface area contributed by atoms with E-state index in [1.165, 1.54) is 38.0 Å². The summed E-state index contributed by atoms with van der Waals surface area (Å²) in [5.41, 5.74) is 7.66. The summed E-state index contributed by atoms with van der Waals surface area (Å²) in [6.45, 7) is 6.17. The summed E-state index contributed by atoms with van der Waals surface area (Å²) in [7, 11) is 0. The van der Waals surface area contributed by atoms with E-state index in [9.17, 15) is 0 Å². The maximum atomic E-state index is 6.38. The molecule has 35 heavy (non-hydrogen) atoms. The number of furan rings is 1. The third-order valence-corrected chi connectivity index (χ3v) is 7.07. The van der Waals surface area contributed by atoms with E-state index >= 15 is 0 Å². The molecule has 0 saturated carbocycles. The lowest BCUT2D eigenvalue weighted by molar-refractivity contribution is 0.670. The quantitative estimate of drug-likeness (QED) is 0.263. The zero-order valence-electron chi connectivity index (χ0n) is 19.5. The lowest BCUT2D eigenvalue weighted by Gasteiger charge is -2.09. The third kappa shape index (κ3) is 2.90. The van der Waals surface area contributed by atoms with Gasteiger partial charge in [-0.05, 0) is 65.2 Å². The van der Waals surface area contributed by atoms with Gasteiger partial charge in [-0.3, -0.25) is 0 Å². The molecule has 0 aliphatic heterocycles. The molecule has 166 valence electrons. The molecule has 7 rings (SSSR count). The summed E-state index contributed by atoms with van der Waals surface area (Å²) in [4.78, 5) is 0. The van der Waals surface area contributed by atoms with Crippen LogP contribution in [0.25, 0.3) is 72.4 Å². The number of hydrogen-bond acceptors (Lipinski definition) is 1. The Morgan fingerprint density at radius 2 is 1.40 bits per heavy atom. The first kappa shape index (κ1) is 19.9. The van der Waals surface area contributed by atoms with E-state index in [-0.39, 0.29) is 0 Å². The van der Waals surface area contributed by atoms with Crippen LogP contribution in [0.3, 0.4) is 0 Å². The smallest absolute Gasteiger partial charge is 0.136 e. The van der Waals surface area contributed by atoms with Crippen LogP contribution in [0.4, 0.5) is 0 Å². The monoisotopic (exact) mass is 449 g/mol. The first-order valence-corrected chi connectivity index (χ1v) is 11.9. The van der Waals surface area contributed by atoms with Crippen molar-refractivity contribution in [2.24, 2.45) is 0 Å². The number of aromatic nitrogens is 1. The van der Waals surface area contributed by atoms with Gasteiger partial charge in [0.2, 0.25) is 0 Å². The van der Waals surface area contributed by atoms with Crippen molar-refractivity contribution in [1.29, 1.82) is 0 Å². The molecule has 0 fully saturated rings. The highest BCUT2D eigenvalue weighted by Crippen LogP contribution is 2.42. The SMILES string of the molecule is C=Cc1ccccc1/C=C(\C)n1c2ccccc2c2c3c(ccc21)oc1cc2ccccc2cc13. The van der Waals surface area contributed by atoms with Gasteiger partial charge >= 0.3 is 0 Å². The van der Waals surface area contributed by atoms with Crippen LogP contribution in [0.5, 0.6) is 0 Å². The van der Waals surface area contributed by atoms with E-state index in [4.69, 9.17) is 4.42 Å². The highest BCUT2D eigenvalue weighted by atomic mass is 16.3. The summed E-state index contributed by atoms with van der Waals surface area (Å²) in [6.07, 6.45) is 4.16. The second-order valence-corrected chi connectivity index (χ2v) is 9.10. The topological polar surface area (TPSA) is 18.1 Å². The standard InChI is InChI=1S/C33H23NO/c1-3-22-10-4-5-11-23(22)18-21(2)34-28-15-9-8-14-26(28)32-29(34)16-17-30-33(32)27-19-24-12-6-7-13-25(24)20-31(27)35-30/h3-20H,1H2,2H3/b21-18+. The summed E-state index contributed by atoms with van der Waals surface area (Å²) < 4.78 is 8.74. The molecule has 0 radical (unpaired) electrons. The van der Waals surface area contributed by atoms with Crippen molar-refractivity contribution in [3.05, 3.63) is 115 Å². The van der Waals surface area contributed by atoms with Gasteiger partial charge in [0.1, 0.15) is 11.2 Å². The number of rotatable bonds is 3. The maximum absolute atomic E-state index is 6.38. The zero-order chi connectivity index (χ0) is 23.5. The summed E-state index contributed by atoms with van der Waals surface area (Å²) in [5, 5.41) is 7.21. The molecular weight excluding hydrogens is 426 g/mol. The Morgan fingerprint density at radius 1 is 0.686 bits per heavy atom. The predicted molar refractivity (Wildman–Crippen MR) is 151 cm³/mol. The van der Waals surface area contributed by atoms with Crippen LogP contribution in [-0.4, -0.2) is 4.57 Å². The molecule has 0 N–H and O–H groups in total. The largest absolute Gasteiger partial charge is 0.456 e. The zero-order valence-corrected chi connectivity index (χ0v) is 19.5. The van der Waals surface area contributed by atoms with Crippen LogP contribution in [0.15, 0.2) is 108 Å². The molecule has 5 aromatic carbocycles. The van der Waals surface area contributed by atoms with Crippen LogP contribution in [0.2, 0.25) is 0 Å². The van der Waals surface area contributed by atoms with Gasteiger partial charge in [-0.15, -0.1) is 0 Å². The fourth-order valence-electron chi connectivity index (χ4n) is 5.51. The Hall–Kier alpha value is -4.56. The number of fused-ring (bicyclic) bond motifs is 8. The first-order chi connectivity index (χ1) is 17.2. The minimum absolute atomic E-state index is 0.921. The van der Waals surface area contributed by atoms with Crippen molar-refractivity contribution in [3.8, 4) is 0 Å². The molecule has 7 aromatic rings. The van der Waals surface area contributed by atoms with Crippen molar-refractivity contribution in [3.63, 3.8) is 0 Å². The van der Waals surface area contributed by atoms with E-state index in [1.807, 2.05) is 6.08 Å². The Morgan fingerprint density at radius 3 is 2.23 bits per heavy atom. The van der Waals surface area contributed by atoms with Gasteiger partial charge in [0.25, 0.3) is 0 Å². The highest BCUT2D eigenvalue weighted by Gasteiger charge is 2.18. The highest BCUT2D eigenvalue weighted by molar-refractivity contribution is 6.28. The Kier molecular flexibility index (Phi) is 4.24. The van der Waals surface area contributed by atoms with E-state index in [2.05, 4.69) is 121 Å². The van der Waals surface area contributed by atoms with E-state index < -0.39 is 0 Å². The molecule has 2 nitrogen and oxygen atoms in total. The fourth-order valence-corrected chi connectivity index (χ4v) is 5.51. The Balaban J connectivity index is 1.61. The number of para-hydroxylation sites is 1. The molecule has 2 aromatic heterocycles. The van der Waals surface area contributed by atoms with Crippen molar-refractivity contribution in [1.82, 2.24) is 4.57 Å². The Labute approximate surface area is 203 Å². The molecular formula is C33H23NO. The number of hydrogen-bond donors (Lipinski definition) is 0. The van der Waals surface area contributed by atoms with Crippen LogP contribution in [0, 0.1) is 0 Å². The van der Waals surface area contributed by atoms with Crippen LogP contribution < -0.4 is 0 Å². The average Bonchev–Trinajstić information content (AvgIpc) is 3.42. The van der Waals surface area contributed by atoms with Gasteiger partial charge in [0.05, 0.1) is 11.0 Å². The molecule has 0 aliphatic carbocycles. The molecule has 0 spiro atoms. The second-order valence-electron chi connectivity index (χ2n) is 9.10. The van der Waals surface area contributed by atoms with Crippen molar-refractivity contribution >= 4 is 72.4 Å². The van der Waals surface area contributed by atoms with Crippen molar-refractivity contribution in [2.45, 2.75) is 6.92 Å². The minimum Gasteiger partial charge on any atom is -0.456 e. The van der Waals surface area contributed by atoms with Gasteiger partial charge in [-0.2, -0.15) is 0 Å². The lowest BCUT2D eigenvalue weighted by Crippen LogP contribution is -1.93. The van der Waals surface area contributed by atoms with Crippen LogP contribution in [0.1, 0.15) is 18.1 Å². The molecule has 0 atom stereocenters. The van der Waals surface area contributed by atoms with Gasteiger partial charge in [0, 0.05) is 27.2 Å². The molecule has 2 heteroatoms. The number of allylic oxidation sites excluding steroid dienone is 1. The molecule has 0 bridgehead atoms. The summed E-state index contributed by atoms with van der Waals surface area (Å²) >= 11 is 0. The number of nitrogens with zero attached hydrogens (tertiary/aromatic N) is 1. The van der Waals surface area contributed by atoms with Gasteiger partial charge in [0.15, 0.2) is 0 Å². The molecule has 0 saturated heterocycles. The summed E-state index contributed by atoms with van der Waals surface area (Å²) in [6, 6.07) is 34.2. The van der Waals surface area contributed by atoms with E-state index in [1.54, 1.807) is 0 Å². The average molecular weight is 450 g/mol. The van der Waals surface area contributed by atoms with E-state index in [0.29, 0.717) is 0 Å². The Bertz CT molecular complexity index is 1980. The van der Waals surface area contributed by atoms with Gasteiger partial charge in [-0.25, -0.2) is 0 Å². The third-order valence-electron chi connectivity index (χ3n) is 7.07. The lowest BCUT2D eigenvalue weighted by atomic mass is 10.0. The first-order valence-electron chi connectivity index (χ1n) is 11.9. The van der Waals surface area contributed by atoms with Crippen molar-refractivity contribution < 1.29 is 4.42 Å². The number of benzene rings is 5. The predicted octanol–water partition coefficient (Wildman–Crippen LogP) is 9.51. The van der Waals surface area contributed by atoms with Gasteiger partial charge in [-0.1, -0.05) is 79.4 Å². The van der Waals surface area contributed by atoms with Crippen LogP contribution >= 0.6 is 0 Å². The molecule has 0 aliphatic rings. The van der Waals surface area contributed by atoms with Crippen molar-refractivity contribution in [2.75, 3.05) is 0 Å². The summed E-state index contributed by atoms with van der Waals surface area (Å²) in [5.74, 6) is 0. The van der Waals surface area contributed by atoms with Gasteiger partial charge < -0.3 is 8.98 Å². The molecule has 0 unspecified atom stereocenters. The van der Waals surface area contributed by atoms with Crippen LogP contribution in [-0.2, 0) is 0 Å². The normalized spacial score (nSPS) is 12.4. The maximum Gasteiger partial charge on any atom is 0.136 e. The minimum atomic E-state index is 0.921. The molecule has 0 amide bonds. The van der Waals surface area contributed by atoms with E-state index in [0.717, 1.165) is 33.4 Å². The second kappa shape index (κ2) is 7.48.